The summed E-state index contributed by atoms with van der Waals surface area (Å²) in [4.78, 5) is 40.8. The van der Waals surface area contributed by atoms with Gasteiger partial charge in [0, 0.05) is 13.1 Å². The fraction of sp³-hybridized carbons (Fsp3) is 0.320. The van der Waals surface area contributed by atoms with Gasteiger partial charge < -0.3 is 9.64 Å². The molecule has 2 fully saturated rings. The molecule has 0 radical (unpaired) electrons. The summed E-state index contributed by atoms with van der Waals surface area (Å²) in [7, 11) is 0. The number of hydrogen-bond donors (Lipinski definition) is 0. The van der Waals surface area contributed by atoms with Crippen molar-refractivity contribution >= 4 is 34.9 Å². The number of thioether (sulfide) groups is 1. The molecule has 3 amide bonds. The zero-order valence-corrected chi connectivity index (χ0v) is 18.9. The number of carbonyl (C=O) groups is 3. The molecule has 0 unspecified atom stereocenters. The van der Waals surface area contributed by atoms with E-state index in [9.17, 15) is 14.4 Å². The molecule has 2 aromatic carbocycles. The van der Waals surface area contributed by atoms with E-state index in [1.54, 1.807) is 11.0 Å². The number of rotatable bonds is 6. The van der Waals surface area contributed by atoms with Crippen molar-refractivity contribution in [3.8, 4) is 5.75 Å². The van der Waals surface area contributed by atoms with Gasteiger partial charge in [0.25, 0.3) is 11.1 Å². The average molecular weight is 451 g/mol. The number of piperidine rings is 1. The number of ether oxygens (including phenoxy) is 1. The fourth-order valence-electron chi connectivity index (χ4n) is 3.71. The topological polar surface area (TPSA) is 66.9 Å². The molecule has 32 heavy (non-hydrogen) atoms. The van der Waals surface area contributed by atoms with Gasteiger partial charge in [-0.3, -0.25) is 19.3 Å². The summed E-state index contributed by atoms with van der Waals surface area (Å²) >= 11 is 0.870. The molecular weight excluding hydrogens is 424 g/mol. The number of hydrogen-bond acceptors (Lipinski definition) is 5. The maximum atomic E-state index is 12.8. The van der Waals surface area contributed by atoms with Gasteiger partial charge in [-0.25, -0.2) is 0 Å². The Labute approximate surface area is 192 Å². The van der Waals surface area contributed by atoms with Crippen LogP contribution in [-0.4, -0.2) is 46.5 Å². The third-order valence-electron chi connectivity index (χ3n) is 5.56. The van der Waals surface area contributed by atoms with E-state index in [1.165, 1.54) is 5.56 Å². The van der Waals surface area contributed by atoms with E-state index in [4.69, 9.17) is 4.74 Å². The summed E-state index contributed by atoms with van der Waals surface area (Å²) in [6.07, 6.45) is 4.72. The highest BCUT2D eigenvalue weighted by Gasteiger charge is 2.37. The summed E-state index contributed by atoms with van der Waals surface area (Å²) in [5.74, 6) is 0.0925. The first-order valence-corrected chi connectivity index (χ1v) is 11.6. The lowest BCUT2D eigenvalue weighted by Crippen LogP contribution is -2.44. The lowest BCUT2D eigenvalue weighted by atomic mass is 10.1. The maximum Gasteiger partial charge on any atom is 0.294 e. The van der Waals surface area contributed by atoms with E-state index in [-0.39, 0.29) is 12.5 Å². The van der Waals surface area contributed by atoms with E-state index in [0.29, 0.717) is 30.4 Å². The van der Waals surface area contributed by atoms with E-state index in [2.05, 4.69) is 0 Å². The summed E-state index contributed by atoms with van der Waals surface area (Å²) in [6, 6.07) is 15.5. The summed E-state index contributed by atoms with van der Waals surface area (Å²) in [5.41, 5.74) is 3.03. The Bertz CT molecular complexity index is 1040. The highest BCUT2D eigenvalue weighted by Crippen LogP contribution is 2.32. The van der Waals surface area contributed by atoms with Gasteiger partial charge in [-0.15, -0.1) is 0 Å². The van der Waals surface area contributed by atoms with Crippen LogP contribution in [0.25, 0.3) is 6.08 Å². The minimum Gasteiger partial charge on any atom is -0.489 e. The third kappa shape index (κ3) is 5.40. The van der Waals surface area contributed by atoms with Crippen LogP contribution in [0.4, 0.5) is 4.79 Å². The summed E-state index contributed by atoms with van der Waals surface area (Å²) in [6.45, 7) is 3.68. The zero-order chi connectivity index (χ0) is 22.5. The molecule has 0 bridgehead atoms. The number of likely N-dealkylation sites (tertiary alicyclic amines) is 1. The Kier molecular flexibility index (Phi) is 6.95. The van der Waals surface area contributed by atoms with Crippen LogP contribution in [-0.2, 0) is 16.2 Å². The Morgan fingerprint density at radius 1 is 1.06 bits per heavy atom. The van der Waals surface area contributed by atoms with Crippen molar-refractivity contribution in [3.05, 3.63) is 70.1 Å². The second-order valence-corrected chi connectivity index (χ2v) is 9.05. The Balaban J connectivity index is 1.40. The molecule has 7 heteroatoms. The molecular formula is C25H26N2O4S. The quantitative estimate of drug-likeness (QED) is 0.601. The molecule has 2 saturated heterocycles. The van der Waals surface area contributed by atoms with E-state index in [1.807, 2.05) is 55.5 Å². The van der Waals surface area contributed by atoms with Crippen LogP contribution in [0.1, 0.15) is 36.0 Å². The van der Waals surface area contributed by atoms with Gasteiger partial charge in [-0.2, -0.15) is 0 Å². The van der Waals surface area contributed by atoms with Crippen molar-refractivity contribution in [1.29, 1.82) is 0 Å². The molecule has 2 aliphatic heterocycles. The number of benzene rings is 2. The SMILES string of the molecule is Cc1ccc(COc2cccc(/C=C3\SC(=O)N(CC(=O)N4CCCCC4)C3=O)c2)cc1. The van der Waals surface area contributed by atoms with Gasteiger partial charge in [-0.1, -0.05) is 42.0 Å². The van der Waals surface area contributed by atoms with Crippen LogP contribution < -0.4 is 4.74 Å². The number of carbonyl (C=O) groups excluding carboxylic acids is 3. The maximum absolute atomic E-state index is 12.8. The molecule has 0 saturated carbocycles. The van der Waals surface area contributed by atoms with Gasteiger partial charge in [0.15, 0.2) is 0 Å². The Hall–Kier alpha value is -3.06. The number of imide groups is 1. The molecule has 0 N–H and O–H groups in total. The number of amides is 3. The lowest BCUT2D eigenvalue weighted by molar-refractivity contribution is -0.136. The van der Waals surface area contributed by atoms with Crippen LogP contribution in [0.5, 0.6) is 5.75 Å². The fourth-order valence-corrected chi connectivity index (χ4v) is 4.55. The molecule has 0 atom stereocenters. The second-order valence-electron chi connectivity index (χ2n) is 8.06. The summed E-state index contributed by atoms with van der Waals surface area (Å²) < 4.78 is 5.88. The molecule has 2 heterocycles. The van der Waals surface area contributed by atoms with Crippen molar-refractivity contribution in [2.45, 2.75) is 32.8 Å². The molecule has 0 aliphatic carbocycles. The van der Waals surface area contributed by atoms with Crippen molar-refractivity contribution < 1.29 is 19.1 Å². The predicted molar refractivity (Wildman–Crippen MR) is 125 cm³/mol. The van der Waals surface area contributed by atoms with E-state index < -0.39 is 11.1 Å². The molecule has 2 aromatic rings. The largest absolute Gasteiger partial charge is 0.489 e. The van der Waals surface area contributed by atoms with Crippen LogP contribution in [0.3, 0.4) is 0 Å². The predicted octanol–water partition coefficient (Wildman–Crippen LogP) is 4.62. The molecule has 2 aliphatic rings. The lowest BCUT2D eigenvalue weighted by Gasteiger charge is -2.27. The Morgan fingerprint density at radius 3 is 2.56 bits per heavy atom. The van der Waals surface area contributed by atoms with E-state index >= 15 is 0 Å². The van der Waals surface area contributed by atoms with Crippen LogP contribution in [0.2, 0.25) is 0 Å². The highest BCUT2D eigenvalue weighted by atomic mass is 32.2. The van der Waals surface area contributed by atoms with Crippen molar-refractivity contribution in [1.82, 2.24) is 9.80 Å². The van der Waals surface area contributed by atoms with Crippen LogP contribution >= 0.6 is 11.8 Å². The molecule has 0 aromatic heterocycles. The molecule has 6 nitrogen and oxygen atoms in total. The number of nitrogens with zero attached hydrogens (tertiary/aromatic N) is 2. The van der Waals surface area contributed by atoms with Gasteiger partial charge in [0.1, 0.15) is 18.9 Å². The monoisotopic (exact) mass is 450 g/mol. The summed E-state index contributed by atoms with van der Waals surface area (Å²) in [5, 5.41) is -0.404. The van der Waals surface area contributed by atoms with Gasteiger partial charge in [0.05, 0.1) is 4.91 Å². The second kappa shape index (κ2) is 10.0. The third-order valence-corrected chi connectivity index (χ3v) is 6.47. The standard InChI is InChI=1S/C25H26N2O4S/c1-18-8-10-19(11-9-18)17-31-21-7-5-6-20(14-21)15-22-24(29)27(25(30)32-22)16-23(28)26-12-3-2-4-13-26/h5-11,14-15H,2-4,12-13,16-17H2,1H3/b22-15-. The Morgan fingerprint density at radius 2 is 1.81 bits per heavy atom. The van der Waals surface area contributed by atoms with Gasteiger partial charge >= 0.3 is 0 Å². The number of aryl methyl sites for hydroxylation is 1. The first-order valence-electron chi connectivity index (χ1n) is 10.8. The van der Waals surface area contributed by atoms with Gasteiger partial charge in [0.2, 0.25) is 5.91 Å². The van der Waals surface area contributed by atoms with Crippen molar-refractivity contribution in [3.63, 3.8) is 0 Å². The normalized spacial score (nSPS) is 17.8. The highest BCUT2D eigenvalue weighted by molar-refractivity contribution is 8.18. The molecule has 4 rings (SSSR count). The van der Waals surface area contributed by atoms with Crippen molar-refractivity contribution in [2.75, 3.05) is 19.6 Å². The van der Waals surface area contributed by atoms with Crippen LogP contribution in [0, 0.1) is 6.92 Å². The van der Waals surface area contributed by atoms with Crippen molar-refractivity contribution in [2.24, 2.45) is 0 Å². The van der Waals surface area contributed by atoms with Gasteiger partial charge in [-0.05, 0) is 67.3 Å². The average Bonchev–Trinajstić information content (AvgIpc) is 3.07. The van der Waals surface area contributed by atoms with Crippen LogP contribution in [0.15, 0.2) is 53.4 Å². The molecule has 0 spiro atoms. The molecule has 166 valence electrons. The van der Waals surface area contributed by atoms with E-state index in [0.717, 1.165) is 47.1 Å². The minimum atomic E-state index is -0.420. The minimum absolute atomic E-state index is 0.167. The first kappa shape index (κ1) is 22.1. The smallest absolute Gasteiger partial charge is 0.294 e. The first-order chi connectivity index (χ1) is 15.5. The zero-order valence-electron chi connectivity index (χ0n) is 18.1.